The minimum atomic E-state index is 0.555. The topological polar surface area (TPSA) is 75.9 Å². The number of hydrogen-bond acceptors (Lipinski definition) is 5. The van der Waals surface area contributed by atoms with E-state index in [0.717, 1.165) is 17.6 Å². The first-order chi connectivity index (χ1) is 7.17. The standard InChI is InChI=1S/C10H17N5/c1-6-3-8(4-6)14-9-5-10(15-11)13-7(2)12-9/h5-6,8H,3-4,11H2,1-2H3,(H2,12,13,14,15). The summed E-state index contributed by atoms with van der Waals surface area (Å²) in [7, 11) is 0. The van der Waals surface area contributed by atoms with Crippen molar-refractivity contribution < 1.29 is 0 Å². The molecule has 1 fully saturated rings. The van der Waals surface area contributed by atoms with E-state index in [9.17, 15) is 0 Å². The highest BCUT2D eigenvalue weighted by Gasteiger charge is 2.25. The number of anilines is 2. The van der Waals surface area contributed by atoms with Crippen molar-refractivity contribution in [3.05, 3.63) is 11.9 Å². The first-order valence-corrected chi connectivity index (χ1v) is 5.26. The Hall–Kier alpha value is -1.36. The number of aromatic nitrogens is 2. The van der Waals surface area contributed by atoms with E-state index in [1.807, 2.05) is 13.0 Å². The van der Waals surface area contributed by atoms with Gasteiger partial charge < -0.3 is 10.7 Å². The molecule has 1 aromatic heterocycles. The Morgan fingerprint density at radius 1 is 1.33 bits per heavy atom. The monoisotopic (exact) mass is 207 g/mol. The van der Waals surface area contributed by atoms with E-state index >= 15 is 0 Å². The van der Waals surface area contributed by atoms with Gasteiger partial charge in [0, 0.05) is 12.1 Å². The first-order valence-electron chi connectivity index (χ1n) is 5.26. The summed E-state index contributed by atoms with van der Waals surface area (Å²) in [4.78, 5) is 8.44. The molecule has 82 valence electrons. The summed E-state index contributed by atoms with van der Waals surface area (Å²) >= 11 is 0. The lowest BCUT2D eigenvalue weighted by Gasteiger charge is -2.33. The maximum absolute atomic E-state index is 5.32. The molecule has 1 heterocycles. The molecule has 0 bridgehead atoms. The smallest absolute Gasteiger partial charge is 0.145 e. The lowest BCUT2D eigenvalue weighted by atomic mass is 9.82. The summed E-state index contributed by atoms with van der Waals surface area (Å²) < 4.78 is 0. The Balaban J connectivity index is 2.04. The molecule has 1 aliphatic rings. The van der Waals surface area contributed by atoms with Gasteiger partial charge in [0.05, 0.1) is 0 Å². The van der Waals surface area contributed by atoms with Gasteiger partial charge in [-0.2, -0.15) is 0 Å². The van der Waals surface area contributed by atoms with Crippen molar-refractivity contribution in [3.8, 4) is 0 Å². The van der Waals surface area contributed by atoms with Gasteiger partial charge in [0.2, 0.25) is 0 Å². The van der Waals surface area contributed by atoms with Gasteiger partial charge in [-0.05, 0) is 25.7 Å². The quantitative estimate of drug-likeness (QED) is 0.514. The minimum absolute atomic E-state index is 0.555. The molecule has 5 nitrogen and oxygen atoms in total. The Morgan fingerprint density at radius 2 is 2.00 bits per heavy atom. The van der Waals surface area contributed by atoms with Crippen LogP contribution in [0, 0.1) is 12.8 Å². The molecule has 0 spiro atoms. The van der Waals surface area contributed by atoms with Crippen LogP contribution in [0.25, 0.3) is 0 Å². The third kappa shape index (κ3) is 2.36. The highest BCUT2D eigenvalue weighted by molar-refractivity contribution is 5.47. The number of nitrogens with one attached hydrogen (secondary N) is 2. The number of nitrogen functional groups attached to an aromatic ring is 1. The molecule has 0 atom stereocenters. The number of hydrogen-bond donors (Lipinski definition) is 3. The summed E-state index contributed by atoms with van der Waals surface area (Å²) in [6.45, 7) is 4.12. The van der Waals surface area contributed by atoms with Crippen molar-refractivity contribution in [1.29, 1.82) is 0 Å². The van der Waals surface area contributed by atoms with Crippen molar-refractivity contribution in [3.63, 3.8) is 0 Å². The van der Waals surface area contributed by atoms with Crippen molar-refractivity contribution in [1.82, 2.24) is 9.97 Å². The van der Waals surface area contributed by atoms with Crippen LogP contribution in [0.3, 0.4) is 0 Å². The van der Waals surface area contributed by atoms with Crippen LogP contribution >= 0.6 is 0 Å². The van der Waals surface area contributed by atoms with E-state index in [4.69, 9.17) is 5.84 Å². The van der Waals surface area contributed by atoms with Gasteiger partial charge in [-0.15, -0.1) is 0 Å². The molecule has 1 aliphatic carbocycles. The third-order valence-electron chi connectivity index (χ3n) is 2.71. The highest BCUT2D eigenvalue weighted by atomic mass is 15.3. The predicted molar refractivity (Wildman–Crippen MR) is 60.4 cm³/mol. The van der Waals surface area contributed by atoms with Crippen LogP contribution in [0.15, 0.2) is 6.07 Å². The zero-order valence-corrected chi connectivity index (χ0v) is 9.12. The second-order valence-electron chi connectivity index (χ2n) is 4.25. The maximum Gasteiger partial charge on any atom is 0.145 e. The summed E-state index contributed by atoms with van der Waals surface area (Å²) in [5.41, 5.74) is 2.54. The van der Waals surface area contributed by atoms with Gasteiger partial charge in [-0.1, -0.05) is 6.92 Å². The van der Waals surface area contributed by atoms with Gasteiger partial charge in [0.1, 0.15) is 17.5 Å². The van der Waals surface area contributed by atoms with E-state index in [1.54, 1.807) is 0 Å². The van der Waals surface area contributed by atoms with Gasteiger partial charge >= 0.3 is 0 Å². The molecule has 1 saturated carbocycles. The maximum atomic E-state index is 5.32. The van der Waals surface area contributed by atoms with Gasteiger partial charge in [-0.3, -0.25) is 0 Å². The Kier molecular flexibility index (Phi) is 2.73. The Labute approximate surface area is 89.5 Å². The lowest BCUT2D eigenvalue weighted by molar-refractivity contribution is 0.308. The second kappa shape index (κ2) is 4.02. The summed E-state index contributed by atoms with van der Waals surface area (Å²) in [6.07, 6.45) is 2.43. The van der Waals surface area contributed by atoms with Gasteiger partial charge in [-0.25, -0.2) is 15.8 Å². The largest absolute Gasteiger partial charge is 0.367 e. The number of hydrazine groups is 1. The number of nitrogens with two attached hydrogens (primary N) is 1. The zero-order valence-electron chi connectivity index (χ0n) is 9.12. The third-order valence-corrected chi connectivity index (χ3v) is 2.71. The SMILES string of the molecule is Cc1nc(NN)cc(NC2CC(C)C2)n1. The van der Waals surface area contributed by atoms with E-state index in [1.165, 1.54) is 12.8 Å². The molecule has 15 heavy (non-hydrogen) atoms. The van der Waals surface area contributed by atoms with E-state index in [-0.39, 0.29) is 0 Å². The summed E-state index contributed by atoms with van der Waals surface area (Å²) in [6, 6.07) is 2.38. The molecule has 0 amide bonds. The van der Waals surface area contributed by atoms with Crippen LogP contribution in [-0.4, -0.2) is 16.0 Å². The van der Waals surface area contributed by atoms with Crippen molar-refractivity contribution >= 4 is 11.6 Å². The molecule has 2 rings (SSSR count). The first kappa shape index (κ1) is 10.2. The molecule has 4 N–H and O–H groups in total. The zero-order chi connectivity index (χ0) is 10.8. The Bertz CT molecular complexity index is 346. The lowest BCUT2D eigenvalue weighted by Crippen LogP contribution is -2.34. The normalized spacial score (nSPS) is 24.5. The highest BCUT2D eigenvalue weighted by Crippen LogP contribution is 2.29. The molecule has 1 aromatic rings. The molecule has 0 aromatic carbocycles. The Morgan fingerprint density at radius 3 is 2.60 bits per heavy atom. The average Bonchev–Trinajstić information content (AvgIpc) is 2.14. The fourth-order valence-electron chi connectivity index (χ4n) is 1.94. The number of aryl methyl sites for hydroxylation is 1. The van der Waals surface area contributed by atoms with E-state index in [2.05, 4.69) is 27.6 Å². The fraction of sp³-hybridized carbons (Fsp3) is 0.600. The number of nitrogens with zero attached hydrogens (tertiary/aromatic N) is 2. The predicted octanol–water partition coefficient (Wildman–Crippen LogP) is 1.28. The molecular weight excluding hydrogens is 190 g/mol. The summed E-state index contributed by atoms with van der Waals surface area (Å²) in [5, 5.41) is 3.38. The van der Waals surface area contributed by atoms with Gasteiger partial charge in [0.15, 0.2) is 0 Å². The molecule has 0 radical (unpaired) electrons. The van der Waals surface area contributed by atoms with E-state index < -0.39 is 0 Å². The molecule has 5 heteroatoms. The van der Waals surface area contributed by atoms with Crippen LogP contribution in [0.5, 0.6) is 0 Å². The average molecular weight is 207 g/mol. The van der Waals surface area contributed by atoms with Crippen molar-refractivity contribution in [2.45, 2.75) is 32.7 Å². The van der Waals surface area contributed by atoms with Gasteiger partial charge in [0.25, 0.3) is 0 Å². The van der Waals surface area contributed by atoms with Crippen molar-refractivity contribution in [2.24, 2.45) is 11.8 Å². The second-order valence-corrected chi connectivity index (χ2v) is 4.25. The molecule has 0 unspecified atom stereocenters. The van der Waals surface area contributed by atoms with Crippen LogP contribution in [0.2, 0.25) is 0 Å². The number of rotatable bonds is 3. The van der Waals surface area contributed by atoms with Crippen molar-refractivity contribution in [2.75, 3.05) is 10.7 Å². The van der Waals surface area contributed by atoms with Crippen LogP contribution in [0.4, 0.5) is 11.6 Å². The minimum Gasteiger partial charge on any atom is -0.367 e. The molecular formula is C10H17N5. The molecule has 0 saturated heterocycles. The van der Waals surface area contributed by atoms with Crippen LogP contribution in [-0.2, 0) is 0 Å². The van der Waals surface area contributed by atoms with Crippen LogP contribution in [0.1, 0.15) is 25.6 Å². The molecule has 0 aliphatic heterocycles. The van der Waals surface area contributed by atoms with E-state index in [0.29, 0.717) is 11.9 Å². The van der Waals surface area contributed by atoms with Crippen LogP contribution < -0.4 is 16.6 Å². The summed E-state index contributed by atoms with van der Waals surface area (Å²) in [5.74, 6) is 8.38. The fourth-order valence-corrected chi connectivity index (χ4v) is 1.94.